The van der Waals surface area contributed by atoms with Gasteiger partial charge in [-0.3, -0.25) is 4.79 Å². The highest BCUT2D eigenvalue weighted by molar-refractivity contribution is 5.76. The summed E-state index contributed by atoms with van der Waals surface area (Å²) in [6.07, 6.45) is 8.17. The maximum atomic E-state index is 12.3. The molecule has 0 atom stereocenters. The Hall–Kier alpha value is -3.16. The van der Waals surface area contributed by atoms with E-state index in [2.05, 4.69) is 25.5 Å². The van der Waals surface area contributed by atoms with Crippen molar-refractivity contribution in [1.82, 2.24) is 25.3 Å². The van der Waals surface area contributed by atoms with E-state index in [1.807, 2.05) is 42.8 Å². The molecule has 170 valence electrons. The first-order valence-electron chi connectivity index (χ1n) is 11.5. The third kappa shape index (κ3) is 5.36. The second-order valence-electron chi connectivity index (χ2n) is 8.39. The number of rotatable bonds is 9. The normalized spacial score (nSPS) is 14.0. The zero-order valence-electron chi connectivity index (χ0n) is 19.0. The molecule has 0 unspecified atom stereocenters. The van der Waals surface area contributed by atoms with Crippen molar-refractivity contribution in [1.29, 1.82) is 0 Å². The van der Waals surface area contributed by atoms with E-state index in [1.54, 1.807) is 6.26 Å². The molecule has 4 rings (SSSR count). The lowest BCUT2D eigenvalue weighted by molar-refractivity contribution is -0.121. The Kier molecular flexibility index (Phi) is 7.19. The van der Waals surface area contributed by atoms with Crippen LogP contribution in [0, 0.1) is 13.8 Å². The second-order valence-corrected chi connectivity index (χ2v) is 8.39. The molecule has 1 aliphatic rings. The van der Waals surface area contributed by atoms with E-state index in [1.165, 1.54) is 19.3 Å². The smallest absolute Gasteiger partial charge is 0.220 e. The lowest BCUT2D eigenvalue weighted by Crippen LogP contribution is -2.30. The summed E-state index contributed by atoms with van der Waals surface area (Å²) in [5.74, 6) is 2.64. The van der Waals surface area contributed by atoms with Crippen LogP contribution in [0.25, 0.3) is 5.82 Å². The van der Waals surface area contributed by atoms with Crippen LogP contribution in [0.3, 0.4) is 0 Å². The molecular weight excluding hydrogens is 404 g/mol. The summed E-state index contributed by atoms with van der Waals surface area (Å²) in [7, 11) is 0. The van der Waals surface area contributed by atoms with Gasteiger partial charge in [-0.1, -0.05) is 0 Å². The summed E-state index contributed by atoms with van der Waals surface area (Å²) in [4.78, 5) is 14.6. The van der Waals surface area contributed by atoms with Gasteiger partial charge in [0.2, 0.25) is 5.91 Å². The van der Waals surface area contributed by atoms with Gasteiger partial charge in [0.15, 0.2) is 11.6 Å². The molecule has 32 heavy (non-hydrogen) atoms. The van der Waals surface area contributed by atoms with Gasteiger partial charge < -0.3 is 14.6 Å². The molecule has 0 radical (unpaired) electrons. The van der Waals surface area contributed by atoms with Crippen LogP contribution in [0.4, 0.5) is 5.82 Å². The maximum Gasteiger partial charge on any atom is 0.220 e. The predicted molar refractivity (Wildman–Crippen MR) is 123 cm³/mol. The molecule has 8 heteroatoms. The van der Waals surface area contributed by atoms with Crippen molar-refractivity contribution >= 4 is 11.7 Å². The molecule has 1 amide bonds. The van der Waals surface area contributed by atoms with Crippen LogP contribution in [0.2, 0.25) is 0 Å². The number of furan rings is 1. The number of hydrogen-bond donors (Lipinski definition) is 1. The van der Waals surface area contributed by atoms with Crippen molar-refractivity contribution < 1.29 is 9.21 Å². The van der Waals surface area contributed by atoms with Gasteiger partial charge in [-0.05, 0) is 75.8 Å². The minimum Gasteiger partial charge on any atom is -0.469 e. The van der Waals surface area contributed by atoms with E-state index in [-0.39, 0.29) is 5.91 Å². The quantitative estimate of drug-likeness (QED) is 0.516. The minimum absolute atomic E-state index is 0.0571. The van der Waals surface area contributed by atoms with Crippen LogP contribution < -0.4 is 10.2 Å². The average Bonchev–Trinajstić information content (AvgIpc) is 3.44. The molecule has 0 aliphatic carbocycles. The largest absolute Gasteiger partial charge is 0.469 e. The van der Waals surface area contributed by atoms with Crippen LogP contribution in [0.15, 0.2) is 34.9 Å². The second kappa shape index (κ2) is 10.4. The minimum atomic E-state index is 0.0571. The van der Waals surface area contributed by atoms with Gasteiger partial charge in [-0.15, -0.1) is 10.2 Å². The Balaban J connectivity index is 1.30. The van der Waals surface area contributed by atoms with E-state index in [0.29, 0.717) is 25.2 Å². The van der Waals surface area contributed by atoms with E-state index in [4.69, 9.17) is 4.42 Å². The van der Waals surface area contributed by atoms with Gasteiger partial charge in [0, 0.05) is 38.2 Å². The Morgan fingerprint density at radius 1 is 1.06 bits per heavy atom. The zero-order valence-corrected chi connectivity index (χ0v) is 19.0. The Morgan fingerprint density at radius 2 is 1.84 bits per heavy atom. The first kappa shape index (κ1) is 22.0. The number of aromatic nitrogens is 4. The number of carbonyl (C=O) groups excluding carboxylic acids is 1. The molecule has 0 bridgehead atoms. The molecule has 0 aromatic carbocycles. The van der Waals surface area contributed by atoms with Crippen molar-refractivity contribution in [2.24, 2.45) is 0 Å². The van der Waals surface area contributed by atoms with Crippen molar-refractivity contribution in [2.45, 2.75) is 58.8 Å². The summed E-state index contributed by atoms with van der Waals surface area (Å²) in [6.45, 7) is 6.74. The summed E-state index contributed by atoms with van der Waals surface area (Å²) in [5.41, 5.74) is 3.03. The first-order chi connectivity index (χ1) is 15.6. The van der Waals surface area contributed by atoms with Gasteiger partial charge >= 0.3 is 0 Å². The lowest BCUT2D eigenvalue weighted by Gasteiger charge is -2.27. The number of nitrogens with zero attached hydrogens (tertiary/aromatic N) is 5. The van der Waals surface area contributed by atoms with E-state index in [0.717, 1.165) is 54.5 Å². The number of anilines is 1. The summed E-state index contributed by atoms with van der Waals surface area (Å²) >= 11 is 0. The van der Waals surface area contributed by atoms with E-state index < -0.39 is 0 Å². The van der Waals surface area contributed by atoms with Crippen molar-refractivity contribution in [2.75, 3.05) is 24.5 Å². The molecule has 8 nitrogen and oxygen atoms in total. The third-order valence-electron chi connectivity index (χ3n) is 6.08. The van der Waals surface area contributed by atoms with Crippen LogP contribution in [0.5, 0.6) is 0 Å². The Labute approximate surface area is 189 Å². The lowest BCUT2D eigenvalue weighted by atomic mass is 10.1. The Bertz CT molecular complexity index is 1000. The van der Waals surface area contributed by atoms with Crippen molar-refractivity contribution in [3.8, 4) is 5.82 Å². The van der Waals surface area contributed by atoms with Crippen LogP contribution >= 0.6 is 0 Å². The highest BCUT2D eigenvalue weighted by Crippen LogP contribution is 2.21. The fraction of sp³-hybridized carbons (Fsp3) is 0.500. The highest BCUT2D eigenvalue weighted by Gasteiger charge is 2.17. The molecule has 1 N–H and O–H groups in total. The molecule has 1 fully saturated rings. The standard InChI is InChI=1S/C24H32N6O2/c1-18-21(10-13-24(31)25-14-6-8-20-9-7-17-32-20)19(2)30(28-18)23-12-11-22(26-27-23)29-15-4-3-5-16-29/h7,9,11-12,17H,3-6,8,10,13-16H2,1-2H3,(H,25,31). The highest BCUT2D eigenvalue weighted by atomic mass is 16.3. The topological polar surface area (TPSA) is 89.1 Å². The van der Waals surface area contributed by atoms with Gasteiger partial charge in [0.1, 0.15) is 5.76 Å². The van der Waals surface area contributed by atoms with Gasteiger partial charge in [-0.2, -0.15) is 5.10 Å². The fourth-order valence-corrected chi connectivity index (χ4v) is 4.25. The number of aryl methyl sites for hydroxylation is 2. The fourth-order valence-electron chi connectivity index (χ4n) is 4.25. The zero-order chi connectivity index (χ0) is 22.3. The molecule has 1 aliphatic heterocycles. The number of nitrogens with one attached hydrogen (secondary N) is 1. The molecule has 3 aromatic rings. The van der Waals surface area contributed by atoms with Crippen molar-refractivity contribution in [3.63, 3.8) is 0 Å². The summed E-state index contributed by atoms with van der Waals surface area (Å²) in [6, 6.07) is 7.84. The van der Waals surface area contributed by atoms with Crippen LogP contribution in [-0.2, 0) is 17.6 Å². The maximum absolute atomic E-state index is 12.3. The molecule has 3 aromatic heterocycles. The van der Waals surface area contributed by atoms with E-state index >= 15 is 0 Å². The number of piperidine rings is 1. The van der Waals surface area contributed by atoms with Crippen molar-refractivity contribution in [3.05, 3.63) is 53.2 Å². The summed E-state index contributed by atoms with van der Waals surface area (Å²) < 4.78 is 7.15. The monoisotopic (exact) mass is 436 g/mol. The predicted octanol–water partition coefficient (Wildman–Crippen LogP) is 3.54. The molecule has 1 saturated heterocycles. The van der Waals surface area contributed by atoms with Gasteiger partial charge in [0.25, 0.3) is 0 Å². The average molecular weight is 437 g/mol. The molecular formula is C24H32N6O2. The van der Waals surface area contributed by atoms with Crippen LogP contribution in [-0.4, -0.2) is 45.5 Å². The van der Waals surface area contributed by atoms with Gasteiger partial charge in [-0.25, -0.2) is 4.68 Å². The van der Waals surface area contributed by atoms with Crippen LogP contribution in [0.1, 0.15) is 54.8 Å². The Morgan fingerprint density at radius 3 is 2.56 bits per heavy atom. The SMILES string of the molecule is Cc1nn(-c2ccc(N3CCCCC3)nn2)c(C)c1CCC(=O)NCCCc1ccco1. The third-order valence-corrected chi connectivity index (χ3v) is 6.08. The molecule has 4 heterocycles. The number of carbonyl (C=O) groups is 1. The first-order valence-corrected chi connectivity index (χ1v) is 11.5. The number of amides is 1. The van der Waals surface area contributed by atoms with Gasteiger partial charge in [0.05, 0.1) is 12.0 Å². The number of hydrogen-bond acceptors (Lipinski definition) is 6. The summed E-state index contributed by atoms with van der Waals surface area (Å²) in [5, 5.41) is 16.5. The molecule has 0 spiro atoms. The van der Waals surface area contributed by atoms with E-state index in [9.17, 15) is 4.79 Å². The molecule has 0 saturated carbocycles.